The Hall–Kier alpha value is -8.08. The van der Waals surface area contributed by atoms with E-state index in [1.54, 1.807) is 41.8 Å². The fourth-order valence-corrected chi connectivity index (χ4v) is 10.3. The van der Waals surface area contributed by atoms with Gasteiger partial charge in [-0.05, 0) is 84.3 Å². The lowest BCUT2D eigenvalue weighted by Gasteiger charge is -2.38. The summed E-state index contributed by atoms with van der Waals surface area (Å²) in [5.74, 6) is -2.48. The van der Waals surface area contributed by atoms with E-state index in [-0.39, 0.29) is 54.4 Å². The average Bonchev–Trinajstić information content (AvgIpc) is 4.09. The van der Waals surface area contributed by atoms with Gasteiger partial charge in [-0.15, -0.1) is 0 Å². The quantitative estimate of drug-likeness (QED) is 0.104. The molecule has 0 bridgehead atoms. The van der Waals surface area contributed by atoms with Crippen LogP contribution in [0.4, 0.5) is 0 Å². The molecule has 0 saturated carbocycles. The summed E-state index contributed by atoms with van der Waals surface area (Å²) >= 11 is 0. The summed E-state index contributed by atoms with van der Waals surface area (Å²) in [5, 5.41) is 0.933. The third kappa shape index (κ3) is 6.66. The third-order valence-electron chi connectivity index (χ3n) is 13.5. The van der Waals surface area contributed by atoms with Crippen LogP contribution in [0.1, 0.15) is 69.1 Å². The van der Waals surface area contributed by atoms with Gasteiger partial charge >= 0.3 is 23.9 Å². The Bertz CT molecular complexity index is 3160. The van der Waals surface area contributed by atoms with Crippen molar-refractivity contribution in [2.45, 2.75) is 44.1 Å². The maximum absolute atomic E-state index is 14.0. The van der Waals surface area contributed by atoms with E-state index in [0.29, 0.717) is 63.4 Å². The van der Waals surface area contributed by atoms with Crippen LogP contribution in [-0.4, -0.2) is 74.8 Å². The van der Waals surface area contributed by atoms with E-state index in [2.05, 4.69) is 0 Å². The molecule has 2 aromatic heterocycles. The molecule has 1 fully saturated rings. The molecule has 0 N–H and O–H groups in total. The molecule has 0 amide bonds. The van der Waals surface area contributed by atoms with E-state index in [1.165, 1.54) is 45.6 Å². The van der Waals surface area contributed by atoms with Crippen molar-refractivity contribution in [2.75, 3.05) is 41.3 Å². The molecule has 1 saturated heterocycles. The van der Waals surface area contributed by atoms with Gasteiger partial charge in [-0.3, -0.25) is 9.59 Å². The summed E-state index contributed by atoms with van der Waals surface area (Å²) in [5.41, 5.74) is 3.02. The average molecular weight is 923 g/mol. The molecular weight excluding hydrogens is 881 g/mol. The van der Waals surface area contributed by atoms with Crippen LogP contribution >= 0.6 is 0 Å². The Morgan fingerprint density at radius 1 is 0.838 bits per heavy atom. The SMILES string of the molecule is CC[C@@]1(OC(=O)COc2ccc(C(=O)O[C@H]3c4cc5c(cc4[C@@H](c4cc(OC)c(OC)c(OC)c4)C4C(=O)OCC43)OCO5)cc2)C(=O)OCc2c1cc1n(c2=O)Cc2cc3ccccc3nc2-1. The highest BCUT2D eigenvalue weighted by atomic mass is 16.7. The number of benzene rings is 4. The Kier molecular flexibility index (Phi) is 10.2. The minimum atomic E-state index is -1.92. The van der Waals surface area contributed by atoms with Crippen LogP contribution in [-0.2, 0) is 52.1 Å². The number of nitrogens with zero attached hydrogens (tertiary/aromatic N) is 2. The van der Waals surface area contributed by atoms with Crippen LogP contribution in [0.25, 0.3) is 22.3 Å². The van der Waals surface area contributed by atoms with E-state index in [9.17, 15) is 24.0 Å². The number of hydrogen-bond acceptors (Lipinski definition) is 16. The molecule has 4 aromatic carbocycles. The Balaban J connectivity index is 0.825. The fourth-order valence-electron chi connectivity index (χ4n) is 10.3. The number of cyclic esters (lactones) is 2. The number of carbonyl (C=O) groups excluding carboxylic acids is 4. The second-order valence-electron chi connectivity index (χ2n) is 17.0. The molecule has 1 aliphatic carbocycles. The fraction of sp³-hybridized carbons (Fsp3) is 0.294. The highest BCUT2D eigenvalue weighted by Crippen LogP contribution is 2.57. The minimum Gasteiger partial charge on any atom is -0.493 e. The number of rotatable bonds is 11. The molecule has 346 valence electrons. The van der Waals surface area contributed by atoms with E-state index in [0.717, 1.165) is 16.5 Å². The van der Waals surface area contributed by atoms with Gasteiger partial charge in [-0.25, -0.2) is 19.4 Å². The maximum atomic E-state index is 14.0. The van der Waals surface area contributed by atoms with Crippen LogP contribution in [0.3, 0.4) is 0 Å². The molecule has 17 nitrogen and oxygen atoms in total. The zero-order chi connectivity index (χ0) is 47.0. The van der Waals surface area contributed by atoms with Crippen molar-refractivity contribution in [3.05, 3.63) is 134 Å². The van der Waals surface area contributed by atoms with Gasteiger partial charge in [0.05, 0.1) is 68.4 Å². The van der Waals surface area contributed by atoms with Gasteiger partial charge in [-0.1, -0.05) is 25.1 Å². The van der Waals surface area contributed by atoms with Gasteiger partial charge in [0.1, 0.15) is 18.5 Å². The number of aromatic nitrogens is 2. The number of ether oxygens (including phenoxy) is 10. The Morgan fingerprint density at radius 3 is 2.29 bits per heavy atom. The normalized spacial score (nSPS) is 21.3. The van der Waals surface area contributed by atoms with Crippen molar-refractivity contribution in [1.82, 2.24) is 9.55 Å². The predicted octanol–water partition coefficient (Wildman–Crippen LogP) is 6.30. The van der Waals surface area contributed by atoms with E-state index in [4.69, 9.17) is 52.4 Å². The van der Waals surface area contributed by atoms with Crippen LogP contribution < -0.4 is 34.0 Å². The first-order chi connectivity index (χ1) is 33.0. The summed E-state index contributed by atoms with van der Waals surface area (Å²) in [6.07, 6.45) is -0.956. The second-order valence-corrected chi connectivity index (χ2v) is 17.0. The molecule has 5 aliphatic rings. The first-order valence-electron chi connectivity index (χ1n) is 21.9. The van der Waals surface area contributed by atoms with Gasteiger partial charge in [0.25, 0.3) is 5.56 Å². The van der Waals surface area contributed by atoms with Gasteiger partial charge < -0.3 is 51.9 Å². The van der Waals surface area contributed by atoms with Crippen molar-refractivity contribution >= 4 is 34.8 Å². The minimum absolute atomic E-state index is 0.00694. The summed E-state index contributed by atoms with van der Waals surface area (Å²) in [7, 11) is 4.52. The number of para-hydroxylation sites is 1. The summed E-state index contributed by atoms with van der Waals surface area (Å²) in [6.45, 7) is 1.05. The highest BCUT2D eigenvalue weighted by Gasteiger charge is 2.55. The lowest BCUT2D eigenvalue weighted by molar-refractivity contribution is -0.190. The molecule has 5 atom stereocenters. The van der Waals surface area contributed by atoms with Crippen molar-refractivity contribution in [1.29, 1.82) is 0 Å². The van der Waals surface area contributed by atoms with E-state index >= 15 is 0 Å². The molecule has 4 aliphatic heterocycles. The van der Waals surface area contributed by atoms with Crippen LogP contribution in [0.15, 0.2) is 89.7 Å². The summed E-state index contributed by atoms with van der Waals surface area (Å²) in [4.78, 5) is 73.6. The molecule has 17 heteroatoms. The monoisotopic (exact) mass is 922 g/mol. The van der Waals surface area contributed by atoms with Gasteiger partial charge in [-0.2, -0.15) is 0 Å². The first-order valence-corrected chi connectivity index (χ1v) is 21.9. The standard InChI is InChI=1S/C51H42N2O15/c1-5-51(34-19-36-44-28(14-26-8-6-7-9-35(26)52-44)20-53(36)47(55)32(34)21-64-50(51)58)68-41(54)23-62-29-12-10-25(11-13-29)48(56)67-45-31-18-38-37(65-24-66-38)17-30(31)42(43-33(45)22-63-49(43)57)27-15-39(59-2)46(61-4)40(16-27)60-3/h6-19,33,42-43,45H,5,20-24H2,1-4H3/t33?,42-,43?,45+,51+/m1/s1. The first kappa shape index (κ1) is 42.5. The molecule has 6 heterocycles. The largest absolute Gasteiger partial charge is 0.493 e. The van der Waals surface area contributed by atoms with Crippen molar-refractivity contribution in [3.8, 4) is 45.9 Å². The lowest BCUT2D eigenvalue weighted by Crippen LogP contribution is -2.48. The molecule has 0 spiro atoms. The van der Waals surface area contributed by atoms with Crippen molar-refractivity contribution in [2.24, 2.45) is 11.8 Å². The Morgan fingerprint density at radius 2 is 1.57 bits per heavy atom. The number of methoxy groups -OCH3 is 3. The summed E-state index contributed by atoms with van der Waals surface area (Å²) in [6, 6.07) is 24.4. The Labute approximate surface area is 387 Å². The van der Waals surface area contributed by atoms with Crippen molar-refractivity contribution < 1.29 is 66.5 Å². The molecule has 68 heavy (non-hydrogen) atoms. The van der Waals surface area contributed by atoms with Crippen LogP contribution in [0.2, 0.25) is 0 Å². The van der Waals surface area contributed by atoms with Crippen LogP contribution in [0.5, 0.6) is 34.5 Å². The van der Waals surface area contributed by atoms with Crippen molar-refractivity contribution in [3.63, 3.8) is 0 Å². The maximum Gasteiger partial charge on any atom is 0.355 e. The number of carbonyl (C=O) groups is 4. The lowest BCUT2D eigenvalue weighted by atomic mass is 9.66. The zero-order valence-corrected chi connectivity index (χ0v) is 37.2. The smallest absolute Gasteiger partial charge is 0.355 e. The van der Waals surface area contributed by atoms with E-state index in [1.807, 2.05) is 30.3 Å². The summed E-state index contributed by atoms with van der Waals surface area (Å²) < 4.78 is 59.1. The van der Waals surface area contributed by atoms with Gasteiger partial charge in [0.15, 0.2) is 29.6 Å². The number of pyridine rings is 2. The van der Waals surface area contributed by atoms with Gasteiger partial charge in [0, 0.05) is 33.9 Å². The molecule has 6 aromatic rings. The molecule has 2 unspecified atom stereocenters. The number of hydrogen-bond donors (Lipinski definition) is 0. The molecular formula is C51H42N2O15. The molecule has 11 rings (SSSR count). The van der Waals surface area contributed by atoms with E-state index < -0.39 is 59.9 Å². The molecule has 0 radical (unpaired) electrons. The number of esters is 4. The topological polar surface area (TPSA) is 195 Å². The zero-order valence-electron chi connectivity index (χ0n) is 37.2. The second kappa shape index (κ2) is 16.4. The van der Waals surface area contributed by atoms with Gasteiger partial charge in [0.2, 0.25) is 18.1 Å². The van der Waals surface area contributed by atoms with Crippen LogP contribution in [0, 0.1) is 11.8 Å². The number of fused-ring (bicyclic) bond motifs is 8. The third-order valence-corrected chi connectivity index (χ3v) is 13.5. The predicted molar refractivity (Wildman–Crippen MR) is 237 cm³/mol. The highest BCUT2D eigenvalue weighted by molar-refractivity contribution is 5.91.